The molecule has 5 rings (SSSR count). The lowest BCUT2D eigenvalue weighted by Gasteiger charge is -2.19. The highest BCUT2D eigenvalue weighted by Gasteiger charge is 2.35. The summed E-state index contributed by atoms with van der Waals surface area (Å²) in [6.07, 6.45) is -0.180. The summed E-state index contributed by atoms with van der Waals surface area (Å²) in [5, 5.41) is 3.64. The molecule has 0 bridgehead atoms. The number of nitrogen functional groups attached to an aromatic ring is 1. The molecule has 0 aliphatic carbocycles. The third kappa shape index (κ3) is 3.80. The topological polar surface area (TPSA) is 165 Å². The minimum Gasteiger partial charge on any atom is -0.423 e. The lowest BCUT2D eigenvalue weighted by Crippen LogP contribution is -2.23. The van der Waals surface area contributed by atoms with Crippen molar-refractivity contribution in [3.8, 4) is 0 Å². The molecule has 11 nitrogen and oxygen atoms in total. The Hall–Kier alpha value is -4.64. The molecule has 37 heavy (non-hydrogen) atoms. The number of primary amides is 1. The second-order valence-corrected chi connectivity index (χ2v) is 9.23. The number of fused-ring (bicyclic) bond motifs is 1. The van der Waals surface area contributed by atoms with Gasteiger partial charge in [0, 0.05) is 49.7 Å². The Bertz CT molecular complexity index is 1750. The van der Waals surface area contributed by atoms with Gasteiger partial charge in [-0.1, -0.05) is 11.6 Å². The van der Waals surface area contributed by atoms with Crippen LogP contribution in [0.5, 0.6) is 0 Å². The van der Waals surface area contributed by atoms with Gasteiger partial charge in [0.2, 0.25) is 5.91 Å². The second kappa shape index (κ2) is 8.49. The molecule has 3 amide bonds. The molecule has 5 N–H and O–H groups in total. The minimum atomic E-state index is -0.827. The number of pyridine rings is 1. The van der Waals surface area contributed by atoms with Crippen molar-refractivity contribution in [2.45, 2.75) is 6.42 Å². The molecule has 1 aliphatic rings. The first-order chi connectivity index (χ1) is 17.5. The van der Waals surface area contributed by atoms with Gasteiger partial charge >= 0.3 is 5.63 Å². The summed E-state index contributed by atoms with van der Waals surface area (Å²) >= 11 is 6.54. The van der Waals surface area contributed by atoms with Crippen molar-refractivity contribution >= 4 is 73.9 Å². The number of benzene rings is 2. The summed E-state index contributed by atoms with van der Waals surface area (Å²) in [4.78, 5) is 57.4. The van der Waals surface area contributed by atoms with E-state index in [9.17, 15) is 19.2 Å². The molecule has 3 heterocycles. The predicted molar refractivity (Wildman–Crippen MR) is 142 cm³/mol. The fourth-order valence-electron chi connectivity index (χ4n) is 4.47. The summed E-state index contributed by atoms with van der Waals surface area (Å²) < 4.78 is 5.34. The molecule has 188 valence electrons. The van der Waals surface area contributed by atoms with Crippen molar-refractivity contribution in [3.63, 3.8) is 0 Å². The predicted octanol–water partition coefficient (Wildman–Crippen LogP) is 2.51. The maximum Gasteiger partial charge on any atom is 0.336 e. The number of nitrogens with two attached hydrogens (primary N) is 2. The van der Waals surface area contributed by atoms with Crippen molar-refractivity contribution in [2.24, 2.45) is 5.73 Å². The van der Waals surface area contributed by atoms with Crippen LogP contribution in [0.2, 0.25) is 5.02 Å². The lowest BCUT2D eigenvalue weighted by atomic mass is 10.0. The highest BCUT2D eigenvalue weighted by Crippen LogP contribution is 2.49. The van der Waals surface area contributed by atoms with Gasteiger partial charge < -0.3 is 31.0 Å². The average Bonchev–Trinajstić information content (AvgIpc) is 3.09. The number of halogens is 1. The number of aromatic nitrogens is 1. The highest BCUT2D eigenvalue weighted by atomic mass is 35.5. The van der Waals surface area contributed by atoms with Crippen molar-refractivity contribution in [1.82, 2.24) is 4.98 Å². The van der Waals surface area contributed by atoms with Crippen LogP contribution >= 0.6 is 11.6 Å². The van der Waals surface area contributed by atoms with Gasteiger partial charge in [-0.3, -0.25) is 14.4 Å². The molecule has 0 saturated heterocycles. The molecule has 0 radical (unpaired) electrons. The van der Waals surface area contributed by atoms with Crippen LogP contribution in [0.1, 0.15) is 26.4 Å². The zero-order valence-electron chi connectivity index (χ0n) is 20.0. The Kier molecular flexibility index (Phi) is 5.52. The Balaban J connectivity index is 1.58. The van der Waals surface area contributed by atoms with Gasteiger partial charge in [-0.05, 0) is 23.8 Å². The second-order valence-electron chi connectivity index (χ2n) is 8.85. The van der Waals surface area contributed by atoms with Gasteiger partial charge in [-0.25, -0.2) is 9.78 Å². The number of nitrogens with zero attached hydrogens (tertiary/aromatic N) is 3. The summed E-state index contributed by atoms with van der Waals surface area (Å²) in [6, 6.07) is 7.89. The van der Waals surface area contributed by atoms with E-state index < -0.39 is 23.3 Å². The molecule has 0 saturated carbocycles. The number of carbonyl (C=O) groups excluding carboxylic acids is 3. The van der Waals surface area contributed by atoms with E-state index in [0.717, 1.165) is 5.69 Å². The number of amides is 3. The van der Waals surface area contributed by atoms with Gasteiger partial charge in [-0.15, -0.1) is 0 Å². The summed E-state index contributed by atoms with van der Waals surface area (Å²) in [5.41, 5.74) is 13.2. The first-order valence-corrected chi connectivity index (χ1v) is 11.4. The first kappa shape index (κ1) is 24.1. The molecule has 0 unspecified atom stereocenters. The normalized spacial score (nSPS) is 12.4. The Morgan fingerprint density at radius 1 is 1.19 bits per heavy atom. The van der Waals surface area contributed by atoms with Gasteiger partial charge in [0.15, 0.2) is 0 Å². The average molecular weight is 521 g/mol. The van der Waals surface area contributed by atoms with Crippen molar-refractivity contribution in [2.75, 3.05) is 42.0 Å². The summed E-state index contributed by atoms with van der Waals surface area (Å²) in [7, 11) is 5.22. The van der Waals surface area contributed by atoms with Crippen LogP contribution in [0.25, 0.3) is 21.9 Å². The molecule has 0 fully saturated rings. The van der Waals surface area contributed by atoms with E-state index in [0.29, 0.717) is 27.6 Å². The maximum atomic E-state index is 13.2. The van der Waals surface area contributed by atoms with E-state index in [1.54, 1.807) is 12.1 Å². The number of carbonyl (C=O) groups is 3. The van der Waals surface area contributed by atoms with E-state index in [4.69, 9.17) is 27.5 Å². The molecule has 4 aromatic rings. The fourth-order valence-corrected chi connectivity index (χ4v) is 4.70. The quantitative estimate of drug-likeness (QED) is 0.267. The molecule has 0 atom stereocenters. The standard InChI is InChI=1S/C25H21ClN6O5/c1-31(2)11-4-5-12-10(7-17(34)37-15(12)8-11)6-16(33)30-22-19(26)20(27)21-18-13(9-14(29-21)24(28)35)25(36)32(3)23(18)22/h4-5,7-9H,6,27H2,1-3H3,(H2,28,35)(H,30,33). The van der Waals surface area contributed by atoms with Gasteiger partial charge in [0.05, 0.1) is 39.6 Å². The zero-order chi connectivity index (χ0) is 26.8. The molecule has 1 aliphatic heterocycles. The number of anilines is 4. The minimum absolute atomic E-state index is 0.0230. The van der Waals surface area contributed by atoms with E-state index in [2.05, 4.69) is 10.3 Å². The number of hydrogen-bond donors (Lipinski definition) is 3. The molecule has 0 spiro atoms. The lowest BCUT2D eigenvalue weighted by molar-refractivity contribution is -0.115. The van der Waals surface area contributed by atoms with Crippen LogP contribution in [-0.2, 0) is 11.2 Å². The van der Waals surface area contributed by atoms with E-state index in [-0.39, 0.29) is 39.6 Å². The van der Waals surface area contributed by atoms with Crippen molar-refractivity contribution < 1.29 is 18.8 Å². The van der Waals surface area contributed by atoms with Crippen LogP contribution in [0.4, 0.5) is 22.7 Å². The SMILES string of the molecule is CN(C)c1ccc2c(CC(=O)Nc3c(Cl)c(N)c4nc(C(N)=O)cc5c4c3N(C)C5=O)cc(=O)oc2c1. The smallest absolute Gasteiger partial charge is 0.336 e. The number of nitrogens with one attached hydrogen (secondary N) is 1. The summed E-state index contributed by atoms with van der Waals surface area (Å²) in [6.45, 7) is 0. The van der Waals surface area contributed by atoms with E-state index >= 15 is 0 Å². The molecular weight excluding hydrogens is 500 g/mol. The molecular formula is C25H21ClN6O5. The van der Waals surface area contributed by atoms with Gasteiger partial charge in [0.25, 0.3) is 11.8 Å². The number of rotatable bonds is 5. The van der Waals surface area contributed by atoms with Gasteiger partial charge in [0.1, 0.15) is 11.3 Å². The highest BCUT2D eigenvalue weighted by molar-refractivity contribution is 6.42. The Labute approximate surface area is 214 Å². The van der Waals surface area contributed by atoms with E-state index in [1.807, 2.05) is 25.1 Å². The van der Waals surface area contributed by atoms with Gasteiger partial charge in [-0.2, -0.15) is 0 Å². The Morgan fingerprint density at radius 3 is 2.59 bits per heavy atom. The van der Waals surface area contributed by atoms with Crippen molar-refractivity contribution in [3.05, 3.63) is 62.6 Å². The first-order valence-electron chi connectivity index (χ1n) is 11.1. The molecule has 2 aromatic carbocycles. The van der Waals surface area contributed by atoms with Crippen LogP contribution in [0.15, 0.2) is 39.5 Å². The monoisotopic (exact) mass is 520 g/mol. The van der Waals surface area contributed by atoms with Crippen LogP contribution in [0, 0.1) is 0 Å². The third-order valence-corrected chi connectivity index (χ3v) is 6.67. The fraction of sp³-hybridized carbons (Fsp3) is 0.160. The largest absolute Gasteiger partial charge is 0.423 e. The maximum absolute atomic E-state index is 13.2. The van der Waals surface area contributed by atoms with Crippen LogP contribution in [0.3, 0.4) is 0 Å². The van der Waals surface area contributed by atoms with Crippen molar-refractivity contribution in [1.29, 1.82) is 0 Å². The molecule has 12 heteroatoms. The van der Waals surface area contributed by atoms with E-state index in [1.165, 1.54) is 24.1 Å². The summed E-state index contributed by atoms with van der Waals surface area (Å²) in [5.74, 6) is -1.77. The van der Waals surface area contributed by atoms with Crippen LogP contribution in [-0.4, -0.2) is 43.8 Å². The third-order valence-electron chi connectivity index (χ3n) is 6.27. The van der Waals surface area contributed by atoms with Crippen LogP contribution < -0.4 is 32.2 Å². The molecule has 2 aromatic heterocycles. The number of hydrogen-bond acceptors (Lipinski definition) is 8. The zero-order valence-corrected chi connectivity index (χ0v) is 20.8. The Morgan fingerprint density at radius 2 is 1.92 bits per heavy atom.